The molecule has 2 aromatic carbocycles. The molecule has 0 spiro atoms. The Morgan fingerprint density at radius 2 is 1.70 bits per heavy atom. The van der Waals surface area contributed by atoms with Gasteiger partial charge in [-0.1, -0.05) is 42.5 Å². The average molecular weight is 423 g/mol. The molecule has 30 heavy (non-hydrogen) atoms. The first-order chi connectivity index (χ1) is 14.7. The van der Waals surface area contributed by atoms with E-state index in [9.17, 15) is 9.18 Å². The molecule has 0 saturated carbocycles. The van der Waals surface area contributed by atoms with E-state index in [0.717, 1.165) is 24.5 Å². The van der Waals surface area contributed by atoms with Gasteiger partial charge in [0.2, 0.25) is 5.91 Å². The summed E-state index contributed by atoms with van der Waals surface area (Å²) in [5, 5.41) is 0. The zero-order chi connectivity index (χ0) is 20.8. The van der Waals surface area contributed by atoms with Crippen LogP contribution in [0.5, 0.6) is 0 Å². The summed E-state index contributed by atoms with van der Waals surface area (Å²) in [6.07, 6.45) is 2.19. The minimum absolute atomic E-state index is 0.117. The third-order valence-corrected chi connectivity index (χ3v) is 6.09. The number of thioether (sulfide) groups is 1. The molecule has 2 heterocycles. The van der Waals surface area contributed by atoms with E-state index >= 15 is 0 Å². The molecule has 1 amide bonds. The predicted octanol–water partition coefficient (Wildman–Crippen LogP) is 4.11. The van der Waals surface area contributed by atoms with Gasteiger partial charge in [-0.15, -0.1) is 11.8 Å². The Kier molecular flexibility index (Phi) is 6.59. The number of carbonyl (C=O) groups is 1. The Labute approximate surface area is 180 Å². The highest BCUT2D eigenvalue weighted by Crippen LogP contribution is 2.23. The molecule has 0 bridgehead atoms. The molecule has 154 valence electrons. The van der Waals surface area contributed by atoms with E-state index < -0.39 is 0 Å². The van der Waals surface area contributed by atoms with E-state index in [0.29, 0.717) is 36.0 Å². The summed E-state index contributed by atoms with van der Waals surface area (Å²) in [6, 6.07) is 18.5. The molecule has 0 atom stereocenters. The highest BCUT2D eigenvalue weighted by Gasteiger charge is 2.22. The van der Waals surface area contributed by atoms with Crippen molar-refractivity contribution in [1.82, 2.24) is 14.9 Å². The van der Waals surface area contributed by atoms with Crippen LogP contribution in [0.25, 0.3) is 11.4 Å². The van der Waals surface area contributed by atoms with Crippen LogP contribution in [0.3, 0.4) is 0 Å². The standard InChI is InChI=1S/C23H23FN4OS/c24-19-8-4-5-9-20(19)30-17-11-22(29)28-15-13-27(14-16-28)21-10-12-25-23(26-21)18-6-2-1-3-7-18/h1-10,12H,11,13-17H2. The molecule has 5 nitrogen and oxygen atoms in total. The number of aromatic nitrogens is 2. The van der Waals surface area contributed by atoms with Gasteiger partial charge >= 0.3 is 0 Å². The second kappa shape index (κ2) is 9.71. The smallest absolute Gasteiger partial charge is 0.223 e. The van der Waals surface area contributed by atoms with Gasteiger partial charge in [0.05, 0.1) is 0 Å². The molecule has 1 aliphatic rings. The van der Waals surface area contributed by atoms with Crippen molar-refractivity contribution in [3.05, 3.63) is 72.7 Å². The quantitative estimate of drug-likeness (QED) is 0.560. The number of hydrogen-bond donors (Lipinski definition) is 0. The lowest BCUT2D eigenvalue weighted by Gasteiger charge is -2.35. The molecule has 1 aliphatic heterocycles. The maximum absolute atomic E-state index is 13.7. The molecule has 1 fully saturated rings. The fraction of sp³-hybridized carbons (Fsp3) is 0.261. The number of rotatable bonds is 6. The van der Waals surface area contributed by atoms with E-state index in [4.69, 9.17) is 4.98 Å². The van der Waals surface area contributed by atoms with Gasteiger partial charge in [-0.3, -0.25) is 4.79 Å². The number of nitrogens with zero attached hydrogens (tertiary/aromatic N) is 4. The van der Waals surface area contributed by atoms with Crippen molar-refractivity contribution in [1.29, 1.82) is 0 Å². The summed E-state index contributed by atoms with van der Waals surface area (Å²) in [7, 11) is 0. The molecule has 4 rings (SSSR count). The molecule has 0 unspecified atom stereocenters. The van der Waals surface area contributed by atoms with E-state index in [-0.39, 0.29) is 11.7 Å². The van der Waals surface area contributed by atoms with E-state index in [1.807, 2.05) is 47.4 Å². The number of amides is 1. The van der Waals surface area contributed by atoms with Crippen LogP contribution in [0.4, 0.5) is 10.2 Å². The van der Waals surface area contributed by atoms with E-state index in [2.05, 4.69) is 9.88 Å². The lowest BCUT2D eigenvalue weighted by atomic mass is 10.2. The van der Waals surface area contributed by atoms with Crippen LogP contribution in [0.2, 0.25) is 0 Å². The lowest BCUT2D eigenvalue weighted by Crippen LogP contribution is -2.49. The van der Waals surface area contributed by atoms with Gasteiger partial charge < -0.3 is 9.80 Å². The normalized spacial score (nSPS) is 14.0. The molecule has 3 aromatic rings. The third kappa shape index (κ3) is 4.97. The zero-order valence-corrected chi connectivity index (χ0v) is 17.4. The van der Waals surface area contributed by atoms with Crippen molar-refractivity contribution < 1.29 is 9.18 Å². The number of halogens is 1. The van der Waals surface area contributed by atoms with Crippen LogP contribution >= 0.6 is 11.8 Å². The lowest BCUT2D eigenvalue weighted by molar-refractivity contribution is -0.131. The molecule has 7 heteroatoms. The minimum atomic E-state index is -0.233. The molecule has 1 saturated heterocycles. The van der Waals surface area contributed by atoms with Gasteiger partial charge in [0.25, 0.3) is 0 Å². The average Bonchev–Trinajstić information content (AvgIpc) is 2.81. The first kappa shape index (κ1) is 20.3. The number of piperazine rings is 1. The van der Waals surface area contributed by atoms with Crippen LogP contribution in [0.15, 0.2) is 71.8 Å². The van der Waals surface area contributed by atoms with Gasteiger partial charge in [-0.25, -0.2) is 14.4 Å². The second-order valence-corrected chi connectivity index (χ2v) is 8.14. The highest BCUT2D eigenvalue weighted by atomic mass is 32.2. The third-order valence-electron chi connectivity index (χ3n) is 5.04. The summed E-state index contributed by atoms with van der Waals surface area (Å²) < 4.78 is 13.7. The molecule has 1 aromatic heterocycles. The summed E-state index contributed by atoms with van der Waals surface area (Å²) in [4.78, 5) is 26.3. The van der Waals surface area contributed by atoms with Gasteiger partial charge in [-0.05, 0) is 18.2 Å². The first-order valence-corrected chi connectivity index (χ1v) is 11.0. The number of carbonyl (C=O) groups excluding carboxylic acids is 1. The fourth-order valence-corrected chi connectivity index (χ4v) is 4.28. The van der Waals surface area contributed by atoms with E-state index in [1.54, 1.807) is 18.3 Å². The Morgan fingerprint density at radius 3 is 2.47 bits per heavy atom. The van der Waals surface area contributed by atoms with Crippen molar-refractivity contribution in [2.45, 2.75) is 11.3 Å². The summed E-state index contributed by atoms with van der Waals surface area (Å²) in [5.41, 5.74) is 0.987. The summed E-state index contributed by atoms with van der Waals surface area (Å²) >= 11 is 1.39. The monoisotopic (exact) mass is 422 g/mol. The van der Waals surface area contributed by atoms with Crippen LogP contribution in [-0.4, -0.2) is 52.7 Å². The van der Waals surface area contributed by atoms with Gasteiger partial charge in [0.1, 0.15) is 11.6 Å². The number of benzene rings is 2. The van der Waals surface area contributed by atoms with Crippen LogP contribution in [0, 0.1) is 5.82 Å². The Morgan fingerprint density at radius 1 is 0.967 bits per heavy atom. The van der Waals surface area contributed by atoms with Crippen molar-refractivity contribution >= 4 is 23.5 Å². The molecule has 0 N–H and O–H groups in total. The van der Waals surface area contributed by atoms with Crippen molar-refractivity contribution in [2.75, 3.05) is 36.8 Å². The Balaban J connectivity index is 1.28. The van der Waals surface area contributed by atoms with Crippen molar-refractivity contribution in [3.8, 4) is 11.4 Å². The Bertz CT molecular complexity index is 993. The molecule has 0 radical (unpaired) electrons. The van der Waals surface area contributed by atoms with E-state index in [1.165, 1.54) is 17.8 Å². The van der Waals surface area contributed by atoms with Gasteiger partial charge in [-0.2, -0.15) is 0 Å². The minimum Gasteiger partial charge on any atom is -0.353 e. The van der Waals surface area contributed by atoms with Crippen LogP contribution < -0.4 is 4.90 Å². The van der Waals surface area contributed by atoms with Crippen LogP contribution in [0.1, 0.15) is 6.42 Å². The maximum Gasteiger partial charge on any atom is 0.223 e. The van der Waals surface area contributed by atoms with Crippen molar-refractivity contribution in [2.24, 2.45) is 0 Å². The predicted molar refractivity (Wildman–Crippen MR) is 118 cm³/mol. The van der Waals surface area contributed by atoms with Gasteiger partial charge in [0, 0.05) is 55.0 Å². The summed E-state index contributed by atoms with van der Waals surface area (Å²) in [6.45, 7) is 2.79. The van der Waals surface area contributed by atoms with Crippen molar-refractivity contribution in [3.63, 3.8) is 0 Å². The van der Waals surface area contributed by atoms with Crippen LogP contribution in [-0.2, 0) is 4.79 Å². The zero-order valence-electron chi connectivity index (χ0n) is 16.6. The molecular weight excluding hydrogens is 399 g/mol. The topological polar surface area (TPSA) is 49.3 Å². The highest BCUT2D eigenvalue weighted by molar-refractivity contribution is 7.99. The first-order valence-electron chi connectivity index (χ1n) is 9.99. The Hall–Kier alpha value is -2.93. The van der Waals surface area contributed by atoms with Gasteiger partial charge in [0.15, 0.2) is 5.82 Å². The second-order valence-electron chi connectivity index (χ2n) is 7.00. The SMILES string of the molecule is O=C(CCSc1ccccc1F)N1CCN(c2ccnc(-c3ccccc3)n2)CC1. The fourth-order valence-electron chi connectivity index (χ4n) is 3.40. The maximum atomic E-state index is 13.7. The summed E-state index contributed by atoms with van der Waals surface area (Å²) in [5.74, 6) is 2.05. The largest absolute Gasteiger partial charge is 0.353 e. The molecule has 0 aliphatic carbocycles. The number of anilines is 1. The molecular formula is C23H23FN4OS. The number of hydrogen-bond acceptors (Lipinski definition) is 5.